The molecule has 0 aliphatic carbocycles. The lowest BCUT2D eigenvalue weighted by atomic mass is 10.2. The Morgan fingerprint density at radius 1 is 1.44 bits per heavy atom. The summed E-state index contributed by atoms with van der Waals surface area (Å²) in [6.07, 6.45) is 1.95. The molecule has 1 rings (SSSR count). The van der Waals surface area contributed by atoms with Crippen LogP contribution in [-0.2, 0) is 14.3 Å². The molecule has 0 bridgehead atoms. The number of hydrogen-bond acceptors (Lipinski definition) is 3. The van der Waals surface area contributed by atoms with Crippen molar-refractivity contribution in [3.63, 3.8) is 0 Å². The third kappa shape index (κ3) is 3.81. The SMILES string of the molecule is CCOC[C@@H]1CCCN1C(=O)CCC(=O)O. The predicted octanol–water partition coefficient (Wildman–Crippen LogP) is 0.879. The Morgan fingerprint density at radius 2 is 2.19 bits per heavy atom. The van der Waals surface area contributed by atoms with E-state index in [1.54, 1.807) is 4.90 Å². The van der Waals surface area contributed by atoms with E-state index < -0.39 is 5.97 Å². The minimum atomic E-state index is -0.922. The van der Waals surface area contributed by atoms with Gasteiger partial charge in [0.2, 0.25) is 5.91 Å². The molecule has 0 aromatic rings. The van der Waals surface area contributed by atoms with E-state index in [0.29, 0.717) is 13.2 Å². The fourth-order valence-corrected chi connectivity index (χ4v) is 1.95. The van der Waals surface area contributed by atoms with E-state index in [1.165, 1.54) is 0 Å². The molecule has 1 aliphatic heterocycles. The van der Waals surface area contributed by atoms with Gasteiger partial charge in [0.25, 0.3) is 0 Å². The fraction of sp³-hybridized carbons (Fsp3) is 0.818. The lowest BCUT2D eigenvalue weighted by molar-refractivity contribution is -0.141. The number of carboxylic acids is 1. The van der Waals surface area contributed by atoms with Crippen LogP contribution in [0.25, 0.3) is 0 Å². The zero-order valence-electron chi connectivity index (χ0n) is 9.65. The molecule has 0 unspecified atom stereocenters. The first-order valence-corrected chi connectivity index (χ1v) is 5.74. The number of ether oxygens (including phenoxy) is 1. The largest absolute Gasteiger partial charge is 0.481 e. The molecule has 0 saturated carbocycles. The highest BCUT2D eigenvalue weighted by Crippen LogP contribution is 2.18. The van der Waals surface area contributed by atoms with Gasteiger partial charge in [-0.1, -0.05) is 0 Å². The minimum Gasteiger partial charge on any atom is -0.481 e. The standard InChI is InChI=1S/C11H19NO4/c1-2-16-8-9-4-3-7-12(9)10(13)5-6-11(14)15/h9H,2-8H2,1H3,(H,14,15)/t9-/m0/s1. The summed E-state index contributed by atoms with van der Waals surface area (Å²) < 4.78 is 5.31. The van der Waals surface area contributed by atoms with Crippen molar-refractivity contribution in [3.8, 4) is 0 Å². The highest BCUT2D eigenvalue weighted by molar-refractivity contribution is 5.81. The monoisotopic (exact) mass is 229 g/mol. The van der Waals surface area contributed by atoms with E-state index in [2.05, 4.69) is 0 Å². The minimum absolute atomic E-state index is 0.0652. The molecule has 0 spiro atoms. The van der Waals surface area contributed by atoms with Gasteiger partial charge in [-0.2, -0.15) is 0 Å². The van der Waals surface area contributed by atoms with Gasteiger partial charge in [-0.15, -0.1) is 0 Å². The molecular weight excluding hydrogens is 210 g/mol. The molecule has 16 heavy (non-hydrogen) atoms. The second kappa shape index (κ2) is 6.48. The maximum Gasteiger partial charge on any atom is 0.303 e. The second-order valence-electron chi connectivity index (χ2n) is 3.94. The number of carbonyl (C=O) groups is 2. The number of carboxylic acid groups (broad SMARTS) is 1. The van der Waals surface area contributed by atoms with E-state index in [4.69, 9.17) is 9.84 Å². The number of likely N-dealkylation sites (tertiary alicyclic amines) is 1. The number of carbonyl (C=O) groups excluding carboxylic acids is 1. The molecule has 1 atom stereocenters. The molecule has 92 valence electrons. The van der Waals surface area contributed by atoms with Crippen LogP contribution in [0.15, 0.2) is 0 Å². The van der Waals surface area contributed by atoms with E-state index in [1.807, 2.05) is 6.92 Å². The molecule has 5 heteroatoms. The number of hydrogen-bond donors (Lipinski definition) is 1. The van der Waals surface area contributed by atoms with Crippen LogP contribution in [0.5, 0.6) is 0 Å². The fourth-order valence-electron chi connectivity index (χ4n) is 1.95. The van der Waals surface area contributed by atoms with Gasteiger partial charge in [0, 0.05) is 19.6 Å². The molecule has 0 radical (unpaired) electrons. The van der Waals surface area contributed by atoms with Gasteiger partial charge in [-0.25, -0.2) is 0 Å². The third-order valence-corrected chi connectivity index (χ3v) is 2.76. The first kappa shape index (κ1) is 13.0. The van der Waals surface area contributed by atoms with Crippen LogP contribution in [0.3, 0.4) is 0 Å². The lowest BCUT2D eigenvalue weighted by Gasteiger charge is -2.24. The van der Waals surface area contributed by atoms with Crippen LogP contribution >= 0.6 is 0 Å². The summed E-state index contributed by atoms with van der Waals surface area (Å²) in [6.45, 7) is 3.87. The van der Waals surface area contributed by atoms with E-state index in [9.17, 15) is 9.59 Å². The Bertz CT molecular complexity index is 254. The highest BCUT2D eigenvalue weighted by Gasteiger charge is 2.28. The maximum atomic E-state index is 11.7. The van der Waals surface area contributed by atoms with Crippen LogP contribution in [0.4, 0.5) is 0 Å². The molecular formula is C11H19NO4. The zero-order valence-corrected chi connectivity index (χ0v) is 9.65. The highest BCUT2D eigenvalue weighted by atomic mass is 16.5. The average Bonchev–Trinajstić information content (AvgIpc) is 2.71. The van der Waals surface area contributed by atoms with Crippen molar-refractivity contribution in [2.75, 3.05) is 19.8 Å². The average molecular weight is 229 g/mol. The van der Waals surface area contributed by atoms with E-state index in [-0.39, 0.29) is 24.8 Å². The van der Waals surface area contributed by atoms with Gasteiger partial charge < -0.3 is 14.7 Å². The molecule has 0 aromatic heterocycles. The summed E-state index contributed by atoms with van der Waals surface area (Å²) in [5.41, 5.74) is 0. The second-order valence-corrected chi connectivity index (χ2v) is 3.94. The summed E-state index contributed by atoms with van der Waals surface area (Å²) in [5, 5.41) is 8.52. The maximum absolute atomic E-state index is 11.7. The summed E-state index contributed by atoms with van der Waals surface area (Å²) in [7, 11) is 0. The summed E-state index contributed by atoms with van der Waals surface area (Å²) in [6, 6.07) is 0.140. The van der Waals surface area contributed by atoms with E-state index >= 15 is 0 Å². The Balaban J connectivity index is 2.37. The van der Waals surface area contributed by atoms with E-state index in [0.717, 1.165) is 19.4 Å². The van der Waals surface area contributed by atoms with Crippen LogP contribution in [-0.4, -0.2) is 47.7 Å². The van der Waals surface area contributed by atoms with Crippen molar-refractivity contribution in [2.24, 2.45) is 0 Å². The van der Waals surface area contributed by atoms with Crippen molar-refractivity contribution in [1.29, 1.82) is 0 Å². The molecule has 1 N–H and O–H groups in total. The van der Waals surface area contributed by atoms with Gasteiger partial charge in [0.1, 0.15) is 0 Å². The molecule has 5 nitrogen and oxygen atoms in total. The Labute approximate surface area is 95.4 Å². The quantitative estimate of drug-likeness (QED) is 0.734. The summed E-state index contributed by atoms with van der Waals surface area (Å²) in [4.78, 5) is 23.9. The molecule has 1 fully saturated rings. The molecule has 1 aliphatic rings. The van der Waals surface area contributed by atoms with Crippen LogP contribution < -0.4 is 0 Å². The normalized spacial score (nSPS) is 20.1. The lowest BCUT2D eigenvalue weighted by Crippen LogP contribution is -2.38. The van der Waals surface area contributed by atoms with Gasteiger partial charge >= 0.3 is 5.97 Å². The molecule has 1 saturated heterocycles. The van der Waals surface area contributed by atoms with Crippen LogP contribution in [0.1, 0.15) is 32.6 Å². The van der Waals surface area contributed by atoms with Crippen LogP contribution in [0.2, 0.25) is 0 Å². The van der Waals surface area contributed by atoms with Crippen molar-refractivity contribution in [2.45, 2.75) is 38.6 Å². The van der Waals surface area contributed by atoms with Crippen LogP contribution in [0, 0.1) is 0 Å². The Morgan fingerprint density at radius 3 is 2.81 bits per heavy atom. The Kier molecular flexibility index (Phi) is 5.25. The van der Waals surface area contributed by atoms with Gasteiger partial charge in [0.05, 0.1) is 19.1 Å². The smallest absolute Gasteiger partial charge is 0.303 e. The predicted molar refractivity (Wildman–Crippen MR) is 58.1 cm³/mol. The zero-order chi connectivity index (χ0) is 12.0. The van der Waals surface area contributed by atoms with Crippen molar-refractivity contribution < 1.29 is 19.4 Å². The topological polar surface area (TPSA) is 66.8 Å². The number of aliphatic carboxylic acids is 1. The third-order valence-electron chi connectivity index (χ3n) is 2.76. The van der Waals surface area contributed by atoms with Gasteiger partial charge in [-0.3, -0.25) is 9.59 Å². The van der Waals surface area contributed by atoms with Crippen molar-refractivity contribution in [1.82, 2.24) is 4.90 Å². The first-order valence-electron chi connectivity index (χ1n) is 5.74. The number of nitrogens with zero attached hydrogens (tertiary/aromatic N) is 1. The number of amides is 1. The molecule has 1 amide bonds. The Hall–Kier alpha value is -1.10. The number of rotatable bonds is 6. The molecule has 1 heterocycles. The molecule has 0 aromatic carbocycles. The van der Waals surface area contributed by atoms with Gasteiger partial charge in [0.15, 0.2) is 0 Å². The van der Waals surface area contributed by atoms with Crippen molar-refractivity contribution >= 4 is 11.9 Å². The summed E-state index contributed by atoms with van der Waals surface area (Å²) >= 11 is 0. The summed E-state index contributed by atoms with van der Waals surface area (Å²) in [5.74, 6) is -0.987. The van der Waals surface area contributed by atoms with Gasteiger partial charge in [-0.05, 0) is 19.8 Å². The first-order chi connectivity index (χ1) is 7.65. The van der Waals surface area contributed by atoms with Crippen molar-refractivity contribution in [3.05, 3.63) is 0 Å².